The summed E-state index contributed by atoms with van der Waals surface area (Å²) in [4.78, 5) is 0. The van der Waals surface area contributed by atoms with Crippen LogP contribution >= 0.6 is 48.9 Å². The van der Waals surface area contributed by atoms with E-state index >= 15 is 0 Å². The maximum absolute atomic E-state index is 4.66. The van der Waals surface area contributed by atoms with Crippen LogP contribution in [0.3, 0.4) is 0 Å². The van der Waals surface area contributed by atoms with Gasteiger partial charge in [0.2, 0.25) is 0 Å². The van der Waals surface area contributed by atoms with Gasteiger partial charge in [-0.15, -0.1) is 0 Å². The summed E-state index contributed by atoms with van der Waals surface area (Å²) in [6.07, 6.45) is 0. The molecule has 0 unspecified atom stereocenters. The van der Waals surface area contributed by atoms with Gasteiger partial charge < -0.3 is 122 Å². The zero-order valence-corrected chi connectivity index (χ0v) is 16.7. The topological polar surface area (TPSA) is 104 Å². The average molecular weight is 486 g/mol. The molecule has 0 spiro atoms. The summed E-state index contributed by atoms with van der Waals surface area (Å²) >= 11 is 33.0. The summed E-state index contributed by atoms with van der Waals surface area (Å²) in [6.45, 7) is 0. The van der Waals surface area contributed by atoms with Crippen molar-refractivity contribution in [1.29, 1.82) is 0 Å². The number of thiocarbonyl (C=S) groups is 4. The summed E-state index contributed by atoms with van der Waals surface area (Å²) in [5, 5.41) is 0. The van der Waals surface area contributed by atoms with E-state index in [9.17, 15) is 0 Å². The normalized spacial score (nSPS) is 5.33. The van der Waals surface area contributed by atoms with Crippen LogP contribution in [0.4, 0.5) is 0 Å². The van der Waals surface area contributed by atoms with Crippen LogP contribution in [0.5, 0.6) is 0 Å². The van der Waals surface area contributed by atoms with Gasteiger partial charge in [0.1, 0.15) is 0 Å². The largest absolute Gasteiger partial charge is 2.00 e. The van der Waals surface area contributed by atoms with Crippen molar-refractivity contribution in [1.82, 2.24) is 0 Å². The predicted molar refractivity (Wildman–Crippen MR) is 96.6 cm³/mol. The van der Waals surface area contributed by atoms with Crippen LogP contribution in [0.15, 0.2) is 0 Å². The second-order valence-corrected chi connectivity index (χ2v) is 5.83. The fourth-order valence-electron chi connectivity index (χ4n) is 0. The van der Waals surface area contributed by atoms with Gasteiger partial charge in [-0.05, 0) is 0 Å². The molecule has 0 aromatic rings. The minimum Gasteiger partial charge on any atom is -0.415 e. The van der Waals surface area contributed by atoms with Gasteiger partial charge in [0.05, 0.1) is 0 Å². The third kappa shape index (κ3) is 2310. The van der Waals surface area contributed by atoms with Crippen molar-refractivity contribution in [2.75, 3.05) is 0 Å². The molecular formula is C4H8N4Ni2S8. The van der Waals surface area contributed by atoms with Crippen molar-refractivity contribution in [2.24, 2.45) is 22.9 Å². The van der Waals surface area contributed by atoms with Gasteiger partial charge in [-0.25, -0.2) is 0 Å². The number of nitrogens with two attached hydrogens (primary N) is 4. The first-order chi connectivity index (χ1) is 6.93. The molecule has 4 nitrogen and oxygen atoms in total. The molecule has 0 aromatic heterocycles. The van der Waals surface area contributed by atoms with E-state index in [1.165, 1.54) is 0 Å². The van der Waals surface area contributed by atoms with Crippen LogP contribution < -0.4 is 22.9 Å². The zero-order valence-electron chi connectivity index (χ0n) is 8.21. The fraction of sp³-hybridized carbons (Fsp3) is 0. The molecule has 0 aromatic carbocycles. The molecule has 8 N–H and O–H groups in total. The predicted octanol–water partition coefficient (Wildman–Crippen LogP) is -0.897. The molecule has 0 saturated carbocycles. The van der Waals surface area contributed by atoms with Crippen LogP contribution in [0.1, 0.15) is 0 Å². The van der Waals surface area contributed by atoms with Crippen LogP contribution in [0, 0.1) is 0 Å². The zero-order chi connectivity index (χ0) is 14.3. The van der Waals surface area contributed by atoms with Gasteiger partial charge in [0.15, 0.2) is 0 Å². The minimum atomic E-state index is 0. The van der Waals surface area contributed by atoms with Gasteiger partial charge in [0, 0.05) is 0 Å². The summed E-state index contributed by atoms with van der Waals surface area (Å²) in [6, 6.07) is 0. The summed E-state index contributed by atoms with van der Waals surface area (Å²) < 4.78 is 0.333. The van der Waals surface area contributed by atoms with Crippen molar-refractivity contribution in [3.05, 3.63) is 0 Å². The minimum absolute atomic E-state index is 0. The van der Waals surface area contributed by atoms with Gasteiger partial charge in [0.25, 0.3) is 0 Å². The maximum atomic E-state index is 4.66. The van der Waals surface area contributed by atoms with Crippen molar-refractivity contribution >= 4 is 117 Å². The molecule has 0 radical (unpaired) electrons. The van der Waals surface area contributed by atoms with Crippen molar-refractivity contribution in [3.8, 4) is 0 Å². The molecular weight excluding hydrogens is 478 g/mol. The summed E-state index contributed by atoms with van der Waals surface area (Å²) in [5.41, 5.74) is 18.6. The van der Waals surface area contributed by atoms with E-state index in [1.54, 1.807) is 0 Å². The number of rotatable bonds is 0. The van der Waals surface area contributed by atoms with Crippen LogP contribution in [0.25, 0.3) is 0 Å². The first-order valence-corrected chi connectivity index (χ1v) is 6.05. The van der Waals surface area contributed by atoms with Gasteiger partial charge >= 0.3 is 33.0 Å². The van der Waals surface area contributed by atoms with E-state index in [1.807, 2.05) is 0 Å². The molecule has 0 aliphatic carbocycles. The van der Waals surface area contributed by atoms with Gasteiger partial charge in [-0.1, -0.05) is 17.3 Å². The third-order valence-electron chi connectivity index (χ3n) is 0. The molecule has 0 saturated heterocycles. The van der Waals surface area contributed by atoms with Crippen molar-refractivity contribution < 1.29 is 33.0 Å². The molecule has 0 amide bonds. The second kappa shape index (κ2) is 31.0. The Morgan fingerprint density at radius 2 is 0.500 bits per heavy atom. The Morgan fingerprint density at radius 3 is 0.500 bits per heavy atom. The van der Waals surface area contributed by atoms with Crippen LogP contribution in [-0.2, 0) is 83.5 Å². The molecule has 0 aliphatic rings. The molecule has 0 atom stereocenters. The Hall–Kier alpha value is 1.43. The molecule has 112 valence electrons. The Kier molecular flexibility index (Phi) is 63.1. The Balaban J connectivity index is -0.0000000257. The van der Waals surface area contributed by atoms with E-state index in [2.05, 4.69) is 122 Å². The quantitative estimate of drug-likeness (QED) is 0.194. The molecule has 18 heavy (non-hydrogen) atoms. The molecule has 0 aliphatic heterocycles. The SMILES string of the molecule is NC(=S)[S-].NC(=S)[S-].NC(=S)[S-].NC(=S)[S-].[Ni+2].[Ni+2]. The molecule has 0 bridgehead atoms. The first kappa shape index (κ1) is 36.6. The summed E-state index contributed by atoms with van der Waals surface area (Å²) in [5.74, 6) is 0. The number of hydrogen-bond donors (Lipinski definition) is 4. The van der Waals surface area contributed by atoms with Crippen LogP contribution in [-0.4, -0.2) is 17.3 Å². The first-order valence-electron chi connectivity index (χ1n) is 2.79. The molecule has 0 heterocycles. The molecule has 0 fully saturated rings. The van der Waals surface area contributed by atoms with Gasteiger partial charge in [-0.3, -0.25) is 0 Å². The summed E-state index contributed by atoms with van der Waals surface area (Å²) in [7, 11) is 0. The van der Waals surface area contributed by atoms with E-state index in [0.29, 0.717) is 0 Å². The molecule has 14 heteroatoms. The van der Waals surface area contributed by atoms with E-state index in [4.69, 9.17) is 0 Å². The third-order valence-corrected chi connectivity index (χ3v) is 0. The van der Waals surface area contributed by atoms with Crippen LogP contribution in [0.2, 0.25) is 0 Å². The fourth-order valence-corrected chi connectivity index (χ4v) is 0. The molecule has 0 rings (SSSR count). The van der Waals surface area contributed by atoms with E-state index < -0.39 is 0 Å². The van der Waals surface area contributed by atoms with Crippen molar-refractivity contribution in [3.63, 3.8) is 0 Å². The smallest absolute Gasteiger partial charge is 0.415 e. The monoisotopic (exact) mass is 484 g/mol. The van der Waals surface area contributed by atoms with E-state index in [-0.39, 0.29) is 50.3 Å². The Morgan fingerprint density at radius 1 is 0.500 bits per heavy atom. The van der Waals surface area contributed by atoms with E-state index in [0.717, 1.165) is 0 Å². The van der Waals surface area contributed by atoms with Gasteiger partial charge in [-0.2, -0.15) is 0 Å². The van der Waals surface area contributed by atoms with Crippen molar-refractivity contribution in [2.45, 2.75) is 0 Å². The number of hydrogen-bond acceptors (Lipinski definition) is 8. The standard InChI is InChI=1S/4CH3NS2.2Ni/c4*2-1(3)4;;/h4*(H3,2,3,4);;/q;;;;2*+2/p-4. The Labute approximate surface area is 170 Å². The Bertz CT molecular complexity index is 173. The second-order valence-electron chi connectivity index (χ2n) is 1.28. The average Bonchev–Trinajstić information content (AvgIpc) is 1.76. The maximum Gasteiger partial charge on any atom is 2.00 e.